The van der Waals surface area contributed by atoms with E-state index in [1.54, 1.807) is 0 Å². The SMILES string of the molecule is CSc1c(C)c(SC)c(C)c(SC)c1C. The van der Waals surface area contributed by atoms with Crippen LogP contribution >= 0.6 is 35.3 Å². The lowest BCUT2D eigenvalue weighted by Gasteiger charge is -2.18. The Bertz CT molecular complexity index is 291. The Morgan fingerprint density at radius 2 is 0.733 bits per heavy atom. The van der Waals surface area contributed by atoms with Crippen molar-refractivity contribution < 1.29 is 0 Å². The zero-order chi connectivity index (χ0) is 11.6. The fourth-order valence-electron chi connectivity index (χ4n) is 2.07. The van der Waals surface area contributed by atoms with E-state index in [4.69, 9.17) is 0 Å². The fourth-order valence-corrected chi connectivity index (χ4v) is 4.71. The van der Waals surface area contributed by atoms with Crippen molar-refractivity contribution in [2.75, 3.05) is 18.8 Å². The lowest BCUT2D eigenvalue weighted by Crippen LogP contribution is -1.96. The van der Waals surface area contributed by atoms with E-state index in [0.29, 0.717) is 0 Å². The van der Waals surface area contributed by atoms with E-state index >= 15 is 0 Å². The molecule has 1 rings (SSSR count). The molecule has 0 aliphatic carbocycles. The Hall–Kier alpha value is 0.270. The minimum absolute atomic E-state index is 1.45. The topological polar surface area (TPSA) is 0 Å². The molecule has 1 aromatic carbocycles. The van der Waals surface area contributed by atoms with Gasteiger partial charge in [0, 0.05) is 14.7 Å². The maximum atomic E-state index is 2.24. The van der Waals surface area contributed by atoms with Gasteiger partial charge in [0.2, 0.25) is 0 Å². The maximum Gasteiger partial charge on any atom is 0.0150 e. The predicted molar refractivity (Wildman–Crippen MR) is 76.0 cm³/mol. The molecule has 0 heterocycles. The molecule has 0 aliphatic rings. The lowest BCUT2D eigenvalue weighted by molar-refractivity contribution is 1.02. The molecule has 0 bridgehead atoms. The summed E-state index contributed by atoms with van der Waals surface area (Å²) in [7, 11) is 0. The third-order valence-electron chi connectivity index (χ3n) is 2.66. The number of hydrogen-bond acceptors (Lipinski definition) is 3. The predicted octanol–water partition coefficient (Wildman–Crippen LogP) is 4.78. The average Bonchev–Trinajstić information content (AvgIpc) is 2.19. The van der Waals surface area contributed by atoms with E-state index < -0.39 is 0 Å². The fraction of sp³-hybridized carbons (Fsp3) is 0.500. The second-order valence-corrected chi connectivity index (χ2v) is 5.92. The molecule has 0 amide bonds. The van der Waals surface area contributed by atoms with E-state index in [9.17, 15) is 0 Å². The van der Waals surface area contributed by atoms with Crippen molar-refractivity contribution in [1.29, 1.82) is 0 Å². The van der Waals surface area contributed by atoms with Gasteiger partial charge in [0.05, 0.1) is 0 Å². The van der Waals surface area contributed by atoms with Crippen LogP contribution in [0.1, 0.15) is 16.7 Å². The summed E-state index contributed by atoms with van der Waals surface area (Å²) in [4.78, 5) is 4.36. The minimum Gasteiger partial charge on any atom is -0.129 e. The van der Waals surface area contributed by atoms with Crippen LogP contribution in [-0.4, -0.2) is 18.8 Å². The number of thioether (sulfide) groups is 3. The lowest BCUT2D eigenvalue weighted by atomic mass is 10.1. The molecule has 0 saturated heterocycles. The van der Waals surface area contributed by atoms with Crippen LogP contribution in [0.5, 0.6) is 0 Å². The van der Waals surface area contributed by atoms with E-state index in [2.05, 4.69) is 39.5 Å². The van der Waals surface area contributed by atoms with E-state index in [0.717, 1.165) is 0 Å². The van der Waals surface area contributed by atoms with Crippen LogP contribution < -0.4 is 0 Å². The molecule has 0 aliphatic heterocycles. The van der Waals surface area contributed by atoms with Gasteiger partial charge in [-0.25, -0.2) is 0 Å². The van der Waals surface area contributed by atoms with Gasteiger partial charge in [0.25, 0.3) is 0 Å². The largest absolute Gasteiger partial charge is 0.129 e. The highest BCUT2D eigenvalue weighted by Crippen LogP contribution is 2.40. The summed E-state index contributed by atoms with van der Waals surface area (Å²) in [5.74, 6) is 0. The maximum absolute atomic E-state index is 2.24. The Kier molecular flexibility index (Phi) is 4.94. The molecule has 0 fully saturated rings. The van der Waals surface area contributed by atoms with Crippen molar-refractivity contribution in [3.63, 3.8) is 0 Å². The zero-order valence-electron chi connectivity index (χ0n) is 10.2. The molecule has 0 atom stereocenters. The Morgan fingerprint density at radius 3 is 0.867 bits per heavy atom. The van der Waals surface area contributed by atoms with Gasteiger partial charge in [-0.15, -0.1) is 35.3 Å². The Balaban J connectivity index is 3.57. The molecule has 3 heteroatoms. The van der Waals surface area contributed by atoms with Crippen LogP contribution in [-0.2, 0) is 0 Å². The van der Waals surface area contributed by atoms with Crippen LogP contribution in [0.15, 0.2) is 14.7 Å². The first kappa shape index (κ1) is 13.3. The quantitative estimate of drug-likeness (QED) is 0.716. The summed E-state index contributed by atoms with van der Waals surface area (Å²) in [6.07, 6.45) is 6.50. The Morgan fingerprint density at radius 1 is 0.533 bits per heavy atom. The first-order chi connectivity index (χ1) is 7.08. The van der Waals surface area contributed by atoms with Crippen molar-refractivity contribution in [3.05, 3.63) is 16.7 Å². The molecule has 0 N–H and O–H groups in total. The van der Waals surface area contributed by atoms with Crippen LogP contribution in [0.2, 0.25) is 0 Å². The van der Waals surface area contributed by atoms with Gasteiger partial charge < -0.3 is 0 Å². The van der Waals surface area contributed by atoms with Crippen LogP contribution in [0.25, 0.3) is 0 Å². The standard InChI is InChI=1S/C12H18S3/c1-7-10(13-4)8(2)12(15-6)9(3)11(7)14-5/h1-6H3. The average molecular weight is 258 g/mol. The van der Waals surface area contributed by atoms with Crippen LogP contribution in [0.3, 0.4) is 0 Å². The molecule has 1 aromatic rings. The first-order valence-corrected chi connectivity index (χ1v) is 8.51. The molecule has 15 heavy (non-hydrogen) atoms. The van der Waals surface area contributed by atoms with Gasteiger partial charge in [0.1, 0.15) is 0 Å². The van der Waals surface area contributed by atoms with Crippen LogP contribution in [0, 0.1) is 20.8 Å². The molecule has 0 unspecified atom stereocenters. The highest BCUT2D eigenvalue weighted by Gasteiger charge is 2.15. The minimum atomic E-state index is 1.45. The van der Waals surface area contributed by atoms with Crippen molar-refractivity contribution in [2.45, 2.75) is 35.5 Å². The molecular weight excluding hydrogens is 240 g/mol. The van der Waals surface area contributed by atoms with E-state index in [1.165, 1.54) is 31.4 Å². The van der Waals surface area contributed by atoms with Gasteiger partial charge in [-0.05, 0) is 56.2 Å². The highest BCUT2D eigenvalue weighted by atomic mass is 32.2. The smallest absolute Gasteiger partial charge is 0.0150 e. The van der Waals surface area contributed by atoms with E-state index in [-0.39, 0.29) is 0 Å². The summed E-state index contributed by atoms with van der Waals surface area (Å²) < 4.78 is 0. The van der Waals surface area contributed by atoms with Crippen molar-refractivity contribution in [3.8, 4) is 0 Å². The van der Waals surface area contributed by atoms with Gasteiger partial charge in [-0.3, -0.25) is 0 Å². The second-order valence-electron chi connectivity index (χ2n) is 3.47. The molecule has 0 nitrogen and oxygen atoms in total. The summed E-state index contributed by atoms with van der Waals surface area (Å²) in [6, 6.07) is 0. The first-order valence-electron chi connectivity index (χ1n) is 4.84. The van der Waals surface area contributed by atoms with Crippen molar-refractivity contribution >= 4 is 35.3 Å². The Labute approximate surface area is 106 Å². The third kappa shape index (κ3) is 2.34. The van der Waals surface area contributed by atoms with Gasteiger partial charge in [-0.2, -0.15) is 0 Å². The molecular formula is C12H18S3. The number of hydrogen-bond donors (Lipinski definition) is 0. The number of benzene rings is 1. The monoisotopic (exact) mass is 258 g/mol. The summed E-state index contributed by atoms with van der Waals surface area (Å²) in [5, 5.41) is 0. The van der Waals surface area contributed by atoms with E-state index in [1.807, 2.05) is 35.3 Å². The van der Waals surface area contributed by atoms with Gasteiger partial charge in [-0.1, -0.05) is 0 Å². The van der Waals surface area contributed by atoms with Gasteiger partial charge >= 0.3 is 0 Å². The second kappa shape index (κ2) is 5.55. The summed E-state index contributed by atoms with van der Waals surface area (Å²) in [6.45, 7) is 6.71. The molecule has 0 spiro atoms. The summed E-state index contributed by atoms with van der Waals surface area (Å²) >= 11 is 5.59. The van der Waals surface area contributed by atoms with Gasteiger partial charge in [0.15, 0.2) is 0 Å². The zero-order valence-corrected chi connectivity index (χ0v) is 12.7. The summed E-state index contributed by atoms with van der Waals surface area (Å²) in [5.41, 5.74) is 4.34. The molecule has 0 radical (unpaired) electrons. The molecule has 0 aromatic heterocycles. The van der Waals surface area contributed by atoms with Crippen molar-refractivity contribution in [1.82, 2.24) is 0 Å². The normalized spacial score (nSPS) is 10.8. The molecule has 84 valence electrons. The number of rotatable bonds is 3. The highest BCUT2D eigenvalue weighted by molar-refractivity contribution is 8.00. The molecule has 0 saturated carbocycles. The van der Waals surface area contributed by atoms with Crippen LogP contribution in [0.4, 0.5) is 0 Å². The third-order valence-corrected chi connectivity index (χ3v) is 5.72. The van der Waals surface area contributed by atoms with Crippen molar-refractivity contribution in [2.24, 2.45) is 0 Å².